The van der Waals surface area contributed by atoms with Crippen molar-refractivity contribution in [3.05, 3.63) is 47.2 Å². The van der Waals surface area contributed by atoms with E-state index in [4.69, 9.17) is 11.6 Å². The molecular weight excluding hydrogens is 276 g/mol. The smallest absolute Gasteiger partial charge is 0.254 e. The van der Waals surface area contributed by atoms with Crippen molar-refractivity contribution < 1.29 is 4.79 Å². The lowest BCUT2D eigenvalue weighted by atomic mass is 10.3. The second-order valence-electron chi connectivity index (χ2n) is 4.36. The summed E-state index contributed by atoms with van der Waals surface area (Å²) < 4.78 is 1.65. The highest BCUT2D eigenvalue weighted by Crippen LogP contribution is 2.13. The molecule has 0 aliphatic rings. The lowest BCUT2D eigenvalue weighted by Gasteiger charge is -2.03. The molecule has 1 aromatic heterocycles. The Morgan fingerprint density at radius 3 is 2.75 bits per heavy atom. The molecule has 0 saturated heterocycles. The summed E-state index contributed by atoms with van der Waals surface area (Å²) in [5.41, 5.74) is 1.41. The Kier molecular flexibility index (Phi) is 5.15. The number of hydrogen-bond acceptors (Lipinski definition) is 3. The molecular formula is C14H17ClN4O. The predicted molar refractivity (Wildman–Crippen MR) is 79.5 cm³/mol. The zero-order valence-corrected chi connectivity index (χ0v) is 12.0. The Hall–Kier alpha value is -1.85. The largest absolute Gasteiger partial charge is 0.352 e. The number of carbonyl (C=O) groups is 1. The molecule has 0 aliphatic carbocycles. The highest BCUT2D eigenvalue weighted by Gasteiger charge is 2.08. The van der Waals surface area contributed by atoms with E-state index in [-0.39, 0.29) is 5.91 Å². The van der Waals surface area contributed by atoms with Gasteiger partial charge in [0.05, 0.1) is 17.4 Å². The Morgan fingerprint density at radius 2 is 2.05 bits per heavy atom. The van der Waals surface area contributed by atoms with Crippen LogP contribution in [0.3, 0.4) is 0 Å². The van der Waals surface area contributed by atoms with Gasteiger partial charge < -0.3 is 10.6 Å². The number of nitrogens with one attached hydrogen (secondary N) is 2. The molecule has 0 radical (unpaired) electrons. The number of carbonyl (C=O) groups excluding carboxylic acids is 1. The van der Waals surface area contributed by atoms with Gasteiger partial charge in [-0.3, -0.25) is 4.79 Å². The first-order valence-corrected chi connectivity index (χ1v) is 6.82. The quantitative estimate of drug-likeness (QED) is 0.799. The first kappa shape index (κ1) is 14.6. The summed E-state index contributed by atoms with van der Waals surface area (Å²) in [6, 6.07) is 7.28. The standard InChI is InChI=1S/C14H17ClN4O/c1-16-7-2-8-17-14(20)11-9-18-19(10-11)13-5-3-12(15)4-6-13/h3-6,9-10,16H,2,7-8H2,1H3,(H,17,20). The van der Waals surface area contributed by atoms with E-state index in [0.717, 1.165) is 18.7 Å². The van der Waals surface area contributed by atoms with Crippen LogP contribution in [0.4, 0.5) is 0 Å². The van der Waals surface area contributed by atoms with E-state index in [1.807, 2.05) is 19.2 Å². The van der Waals surface area contributed by atoms with Gasteiger partial charge in [-0.05, 0) is 44.3 Å². The van der Waals surface area contributed by atoms with Crippen molar-refractivity contribution >= 4 is 17.5 Å². The molecule has 1 aromatic carbocycles. The zero-order valence-electron chi connectivity index (χ0n) is 11.3. The van der Waals surface area contributed by atoms with E-state index in [0.29, 0.717) is 17.1 Å². The fourth-order valence-corrected chi connectivity index (χ4v) is 1.87. The molecule has 0 unspecified atom stereocenters. The van der Waals surface area contributed by atoms with Crippen LogP contribution in [0.15, 0.2) is 36.7 Å². The number of rotatable bonds is 6. The maximum absolute atomic E-state index is 11.9. The average Bonchev–Trinajstić information content (AvgIpc) is 2.94. The number of nitrogens with zero attached hydrogens (tertiary/aromatic N) is 2. The molecule has 0 aliphatic heterocycles. The van der Waals surface area contributed by atoms with Crippen LogP contribution in [-0.4, -0.2) is 35.8 Å². The van der Waals surface area contributed by atoms with Gasteiger partial charge in [-0.25, -0.2) is 4.68 Å². The van der Waals surface area contributed by atoms with Crippen LogP contribution in [0.1, 0.15) is 16.8 Å². The SMILES string of the molecule is CNCCCNC(=O)c1cnn(-c2ccc(Cl)cc2)c1. The van der Waals surface area contributed by atoms with Crippen molar-refractivity contribution in [2.75, 3.05) is 20.1 Å². The van der Waals surface area contributed by atoms with Crippen LogP contribution in [0.5, 0.6) is 0 Å². The summed E-state index contributed by atoms with van der Waals surface area (Å²) in [7, 11) is 1.89. The Bertz CT molecular complexity index is 565. The van der Waals surface area contributed by atoms with E-state index in [1.165, 1.54) is 0 Å². The average molecular weight is 293 g/mol. The van der Waals surface area contributed by atoms with Gasteiger partial charge in [-0.1, -0.05) is 11.6 Å². The molecule has 0 spiro atoms. The third-order valence-electron chi connectivity index (χ3n) is 2.83. The molecule has 1 heterocycles. The summed E-state index contributed by atoms with van der Waals surface area (Å²) in [5.74, 6) is -0.110. The third-order valence-corrected chi connectivity index (χ3v) is 3.08. The third kappa shape index (κ3) is 3.82. The van der Waals surface area contributed by atoms with Crippen molar-refractivity contribution in [1.82, 2.24) is 20.4 Å². The van der Waals surface area contributed by atoms with Crippen LogP contribution >= 0.6 is 11.6 Å². The number of hydrogen-bond donors (Lipinski definition) is 2. The molecule has 0 atom stereocenters. The lowest BCUT2D eigenvalue weighted by molar-refractivity contribution is 0.0953. The molecule has 2 N–H and O–H groups in total. The van der Waals surface area contributed by atoms with E-state index >= 15 is 0 Å². The summed E-state index contributed by atoms with van der Waals surface area (Å²) in [6.07, 6.45) is 4.16. The minimum atomic E-state index is -0.110. The molecule has 1 amide bonds. The molecule has 6 heteroatoms. The van der Waals surface area contributed by atoms with Gasteiger partial charge in [0.25, 0.3) is 5.91 Å². The summed E-state index contributed by atoms with van der Waals surface area (Å²) in [5, 5.41) is 10.7. The van der Waals surface area contributed by atoms with Crippen molar-refractivity contribution in [2.45, 2.75) is 6.42 Å². The topological polar surface area (TPSA) is 58.9 Å². The van der Waals surface area contributed by atoms with Gasteiger partial charge in [0.1, 0.15) is 0 Å². The predicted octanol–water partition coefficient (Wildman–Crippen LogP) is 1.86. The number of halogens is 1. The van der Waals surface area contributed by atoms with Crippen LogP contribution in [0.2, 0.25) is 5.02 Å². The van der Waals surface area contributed by atoms with Crippen LogP contribution in [0, 0.1) is 0 Å². The first-order chi connectivity index (χ1) is 9.70. The number of aromatic nitrogens is 2. The van der Waals surface area contributed by atoms with Crippen molar-refractivity contribution in [3.8, 4) is 5.69 Å². The Balaban J connectivity index is 1.98. The van der Waals surface area contributed by atoms with Gasteiger partial charge in [0.2, 0.25) is 0 Å². The molecule has 20 heavy (non-hydrogen) atoms. The molecule has 0 fully saturated rings. The summed E-state index contributed by atoms with van der Waals surface area (Å²) >= 11 is 5.84. The van der Waals surface area contributed by atoms with Crippen molar-refractivity contribution in [2.24, 2.45) is 0 Å². The van der Waals surface area contributed by atoms with Gasteiger partial charge >= 0.3 is 0 Å². The second kappa shape index (κ2) is 7.07. The van der Waals surface area contributed by atoms with E-state index in [1.54, 1.807) is 29.2 Å². The van der Waals surface area contributed by atoms with Gasteiger partial charge in [0, 0.05) is 17.8 Å². The van der Waals surface area contributed by atoms with Gasteiger partial charge in [-0.15, -0.1) is 0 Å². The van der Waals surface area contributed by atoms with Crippen molar-refractivity contribution in [3.63, 3.8) is 0 Å². The molecule has 0 saturated carbocycles. The maximum atomic E-state index is 11.9. The van der Waals surface area contributed by atoms with E-state index in [2.05, 4.69) is 15.7 Å². The van der Waals surface area contributed by atoms with Crippen LogP contribution < -0.4 is 10.6 Å². The molecule has 106 valence electrons. The maximum Gasteiger partial charge on any atom is 0.254 e. The fraction of sp³-hybridized carbons (Fsp3) is 0.286. The molecule has 5 nitrogen and oxygen atoms in total. The summed E-state index contributed by atoms with van der Waals surface area (Å²) in [6.45, 7) is 1.52. The van der Waals surface area contributed by atoms with Crippen LogP contribution in [-0.2, 0) is 0 Å². The highest BCUT2D eigenvalue weighted by atomic mass is 35.5. The highest BCUT2D eigenvalue weighted by molar-refractivity contribution is 6.30. The normalized spacial score (nSPS) is 10.5. The number of benzene rings is 1. The van der Waals surface area contributed by atoms with Crippen molar-refractivity contribution in [1.29, 1.82) is 0 Å². The van der Waals surface area contributed by atoms with Crippen LogP contribution in [0.25, 0.3) is 5.69 Å². The lowest BCUT2D eigenvalue weighted by Crippen LogP contribution is -2.26. The Labute approximate surface area is 122 Å². The second-order valence-corrected chi connectivity index (χ2v) is 4.80. The monoisotopic (exact) mass is 292 g/mol. The van der Waals surface area contributed by atoms with E-state index in [9.17, 15) is 4.79 Å². The molecule has 2 rings (SSSR count). The number of amides is 1. The van der Waals surface area contributed by atoms with Gasteiger partial charge in [0.15, 0.2) is 0 Å². The van der Waals surface area contributed by atoms with Gasteiger partial charge in [-0.2, -0.15) is 5.10 Å². The minimum absolute atomic E-state index is 0.110. The first-order valence-electron chi connectivity index (χ1n) is 6.44. The minimum Gasteiger partial charge on any atom is -0.352 e. The molecule has 0 bridgehead atoms. The summed E-state index contributed by atoms with van der Waals surface area (Å²) in [4.78, 5) is 11.9. The Morgan fingerprint density at radius 1 is 1.30 bits per heavy atom. The van der Waals surface area contributed by atoms with E-state index < -0.39 is 0 Å². The zero-order chi connectivity index (χ0) is 14.4. The fourth-order valence-electron chi connectivity index (χ4n) is 1.74. The molecule has 2 aromatic rings.